The average Bonchev–Trinajstić information content (AvgIpc) is 2.28. The van der Waals surface area contributed by atoms with E-state index in [9.17, 15) is 20.4 Å². The fourth-order valence-electron chi connectivity index (χ4n) is 3.33. The van der Waals surface area contributed by atoms with Crippen LogP contribution in [0.4, 0.5) is 0 Å². The number of quaternary nitrogens is 1. The summed E-state index contributed by atoms with van der Waals surface area (Å²) in [6, 6.07) is -0.348. The molecule has 5 heteroatoms. The van der Waals surface area contributed by atoms with Crippen LogP contribution in [-0.2, 0) is 0 Å². The topological polar surface area (TPSA) is 80.9 Å². The molecule has 4 N–H and O–H groups in total. The Labute approximate surface area is 95.5 Å². The van der Waals surface area contributed by atoms with Crippen LogP contribution in [0.2, 0.25) is 0 Å². The van der Waals surface area contributed by atoms with Gasteiger partial charge in [-0.1, -0.05) is 0 Å². The third kappa shape index (κ3) is 1.87. The number of hydrogen-bond acceptors (Lipinski definition) is 4. The second-order valence-corrected chi connectivity index (χ2v) is 5.21. The Hall–Kier alpha value is -0.200. The number of aliphatic hydroxyl groups excluding tert-OH is 4. The fourth-order valence-corrected chi connectivity index (χ4v) is 3.33. The van der Waals surface area contributed by atoms with Gasteiger partial charge in [0.05, 0.1) is 19.7 Å². The van der Waals surface area contributed by atoms with E-state index < -0.39 is 18.3 Å². The van der Waals surface area contributed by atoms with Crippen LogP contribution in [0.25, 0.3) is 0 Å². The summed E-state index contributed by atoms with van der Waals surface area (Å²) in [6.07, 6.45) is 0.274. The van der Waals surface area contributed by atoms with Crippen LogP contribution in [0.5, 0.6) is 0 Å². The van der Waals surface area contributed by atoms with Crippen LogP contribution in [0.1, 0.15) is 19.3 Å². The van der Waals surface area contributed by atoms with Crippen molar-refractivity contribution in [1.29, 1.82) is 0 Å². The van der Waals surface area contributed by atoms with Crippen molar-refractivity contribution in [2.45, 2.75) is 43.6 Å². The molecule has 5 nitrogen and oxygen atoms in total. The number of nitrogens with zero attached hydrogens (tertiary/aromatic N) is 1. The first kappa shape index (κ1) is 12.3. The van der Waals surface area contributed by atoms with Crippen LogP contribution < -0.4 is 0 Å². The number of hydrogen-bond donors (Lipinski definition) is 4. The van der Waals surface area contributed by atoms with Gasteiger partial charge in [0.25, 0.3) is 0 Å². The SMILES string of the molecule is OC[C@@H]1[C@@H](O)[C@H](O)[C@@H](O)C[N+]12CCCCC2. The minimum Gasteiger partial charge on any atom is -0.390 e. The van der Waals surface area contributed by atoms with Crippen LogP contribution in [0.3, 0.4) is 0 Å². The highest BCUT2D eigenvalue weighted by atomic mass is 16.4. The Morgan fingerprint density at radius 1 is 0.938 bits per heavy atom. The molecule has 0 amide bonds. The quantitative estimate of drug-likeness (QED) is 0.412. The fraction of sp³-hybridized carbons (Fsp3) is 1.00. The summed E-state index contributed by atoms with van der Waals surface area (Å²) in [5.41, 5.74) is 0. The van der Waals surface area contributed by atoms with E-state index in [0.29, 0.717) is 11.0 Å². The first-order chi connectivity index (χ1) is 7.60. The van der Waals surface area contributed by atoms with E-state index in [1.54, 1.807) is 0 Å². The molecule has 1 spiro atoms. The lowest BCUT2D eigenvalue weighted by Gasteiger charge is -2.53. The van der Waals surface area contributed by atoms with Crippen molar-refractivity contribution in [2.24, 2.45) is 0 Å². The highest BCUT2D eigenvalue weighted by molar-refractivity contribution is 4.88. The lowest BCUT2D eigenvalue weighted by atomic mass is 9.88. The highest BCUT2D eigenvalue weighted by Crippen LogP contribution is 2.31. The molecule has 0 aliphatic carbocycles. The maximum absolute atomic E-state index is 9.94. The van der Waals surface area contributed by atoms with Gasteiger partial charge in [0.1, 0.15) is 30.9 Å². The Bertz CT molecular complexity index is 242. The van der Waals surface area contributed by atoms with Gasteiger partial charge < -0.3 is 24.9 Å². The second-order valence-electron chi connectivity index (χ2n) is 5.21. The molecule has 16 heavy (non-hydrogen) atoms. The third-order valence-electron chi connectivity index (χ3n) is 4.29. The summed E-state index contributed by atoms with van der Waals surface area (Å²) in [5, 5.41) is 38.8. The van der Waals surface area contributed by atoms with Crippen LogP contribution in [0, 0.1) is 0 Å². The van der Waals surface area contributed by atoms with E-state index in [1.165, 1.54) is 6.42 Å². The van der Waals surface area contributed by atoms with E-state index in [0.717, 1.165) is 25.9 Å². The van der Waals surface area contributed by atoms with Gasteiger partial charge in [-0.05, 0) is 19.3 Å². The molecule has 2 fully saturated rings. The summed E-state index contributed by atoms with van der Waals surface area (Å²) in [5.74, 6) is 0. The van der Waals surface area contributed by atoms with Crippen LogP contribution >= 0.6 is 0 Å². The second kappa shape index (κ2) is 4.58. The maximum atomic E-state index is 9.94. The predicted octanol–water partition coefficient (Wildman–Crippen LogP) is -1.56. The van der Waals surface area contributed by atoms with Gasteiger partial charge in [0.15, 0.2) is 0 Å². The van der Waals surface area contributed by atoms with Crippen molar-refractivity contribution in [3.8, 4) is 0 Å². The minimum absolute atomic E-state index is 0.134. The molecule has 0 saturated carbocycles. The Morgan fingerprint density at radius 2 is 1.56 bits per heavy atom. The monoisotopic (exact) mass is 232 g/mol. The van der Waals surface area contributed by atoms with Crippen LogP contribution in [0.15, 0.2) is 0 Å². The van der Waals surface area contributed by atoms with Crippen molar-refractivity contribution in [3.63, 3.8) is 0 Å². The molecule has 0 aromatic heterocycles. The Balaban J connectivity index is 2.21. The zero-order valence-corrected chi connectivity index (χ0v) is 9.50. The minimum atomic E-state index is -1.12. The van der Waals surface area contributed by atoms with E-state index in [1.807, 2.05) is 0 Å². The molecule has 2 heterocycles. The Kier molecular flexibility index (Phi) is 3.51. The van der Waals surface area contributed by atoms with E-state index in [2.05, 4.69) is 0 Å². The van der Waals surface area contributed by atoms with E-state index in [-0.39, 0.29) is 12.6 Å². The van der Waals surface area contributed by atoms with Gasteiger partial charge in [-0.2, -0.15) is 0 Å². The van der Waals surface area contributed by atoms with E-state index in [4.69, 9.17) is 0 Å². The highest BCUT2D eigenvalue weighted by Gasteiger charge is 2.52. The van der Waals surface area contributed by atoms with Crippen molar-refractivity contribution in [3.05, 3.63) is 0 Å². The van der Waals surface area contributed by atoms with Gasteiger partial charge in [-0.15, -0.1) is 0 Å². The van der Waals surface area contributed by atoms with Gasteiger partial charge in [-0.25, -0.2) is 0 Å². The number of aliphatic hydroxyl groups is 4. The van der Waals surface area contributed by atoms with Gasteiger partial charge in [0, 0.05) is 0 Å². The molecule has 2 aliphatic heterocycles. The zero-order chi connectivity index (χ0) is 11.8. The maximum Gasteiger partial charge on any atom is 0.141 e. The first-order valence-corrected chi connectivity index (χ1v) is 6.11. The van der Waals surface area contributed by atoms with Crippen molar-refractivity contribution < 1.29 is 24.9 Å². The smallest absolute Gasteiger partial charge is 0.141 e. The molecular weight excluding hydrogens is 210 g/mol. The van der Waals surface area contributed by atoms with Crippen molar-refractivity contribution >= 4 is 0 Å². The van der Waals surface area contributed by atoms with Crippen molar-refractivity contribution in [2.75, 3.05) is 26.2 Å². The van der Waals surface area contributed by atoms with Crippen molar-refractivity contribution in [1.82, 2.24) is 0 Å². The molecule has 0 unspecified atom stereocenters. The molecule has 2 saturated heterocycles. The lowest BCUT2D eigenvalue weighted by molar-refractivity contribution is -0.967. The summed E-state index contributed by atoms with van der Waals surface area (Å²) in [4.78, 5) is 0. The van der Waals surface area contributed by atoms with Gasteiger partial charge in [0.2, 0.25) is 0 Å². The van der Waals surface area contributed by atoms with Crippen LogP contribution in [-0.4, -0.2) is 75.5 Å². The summed E-state index contributed by atoms with van der Waals surface area (Å²) in [6.45, 7) is 2.08. The number of rotatable bonds is 1. The van der Waals surface area contributed by atoms with Gasteiger partial charge >= 0.3 is 0 Å². The molecule has 94 valence electrons. The van der Waals surface area contributed by atoms with E-state index >= 15 is 0 Å². The zero-order valence-electron chi connectivity index (χ0n) is 9.50. The molecule has 2 aliphatic rings. The van der Waals surface area contributed by atoms with Gasteiger partial charge in [-0.3, -0.25) is 0 Å². The largest absolute Gasteiger partial charge is 0.390 e. The molecule has 2 rings (SSSR count). The normalized spacial score (nSPS) is 43.5. The summed E-state index contributed by atoms with van der Waals surface area (Å²) < 4.78 is 0.565. The lowest BCUT2D eigenvalue weighted by Crippen LogP contribution is -2.73. The predicted molar refractivity (Wildman–Crippen MR) is 57.6 cm³/mol. The molecule has 0 bridgehead atoms. The Morgan fingerprint density at radius 3 is 2.12 bits per heavy atom. The molecule has 0 aromatic carbocycles. The molecular formula is C11H22NO4+. The summed E-state index contributed by atoms with van der Waals surface area (Å²) in [7, 11) is 0. The third-order valence-corrected chi connectivity index (χ3v) is 4.29. The summed E-state index contributed by atoms with van der Waals surface area (Å²) >= 11 is 0. The first-order valence-electron chi connectivity index (χ1n) is 6.11. The molecule has 0 aromatic rings. The standard InChI is InChI=1S/C11H22NO4/c13-7-8-10(15)11(16)9(14)6-12(8)4-2-1-3-5-12/h8-11,13-16H,1-7H2/q+1/t8-,9+,10-,11-/m1/s1. The molecule has 4 atom stereocenters. The molecule has 0 radical (unpaired) electrons. The number of piperidine rings is 2. The average molecular weight is 232 g/mol.